The number of rotatable bonds is 3. The van der Waals surface area contributed by atoms with Crippen LogP contribution in [0.1, 0.15) is 50.7 Å². The maximum atomic E-state index is 12.7. The van der Waals surface area contributed by atoms with Gasteiger partial charge in [-0.2, -0.15) is 0 Å². The van der Waals surface area contributed by atoms with Gasteiger partial charge >= 0.3 is 6.09 Å². The SMILES string of the molecule is [B]c1cc(C2C3CN(C(=O)C4CC(NC(=O)OC)C4)CC32)cc(C(C)(C)C)c1. The van der Waals surface area contributed by atoms with Crippen LogP contribution in [0.5, 0.6) is 0 Å². The van der Waals surface area contributed by atoms with Crippen LogP contribution in [0.25, 0.3) is 0 Å². The van der Waals surface area contributed by atoms with Crippen LogP contribution in [-0.4, -0.2) is 51.0 Å². The lowest BCUT2D eigenvalue weighted by Gasteiger charge is -2.37. The Labute approximate surface area is 168 Å². The van der Waals surface area contributed by atoms with Crippen molar-refractivity contribution in [2.45, 2.75) is 51.0 Å². The van der Waals surface area contributed by atoms with E-state index < -0.39 is 6.09 Å². The smallest absolute Gasteiger partial charge is 0.407 e. The molecule has 1 aromatic rings. The van der Waals surface area contributed by atoms with Gasteiger partial charge in [0.25, 0.3) is 0 Å². The van der Waals surface area contributed by atoms with Crippen molar-refractivity contribution in [2.24, 2.45) is 17.8 Å². The minimum absolute atomic E-state index is 0.0398. The molecular formula is C22H29BN2O3. The highest BCUT2D eigenvalue weighted by Gasteiger charge is 2.58. The number of piperidine rings is 1. The van der Waals surface area contributed by atoms with Crippen LogP contribution in [0, 0.1) is 17.8 Å². The number of fused-ring (bicyclic) bond motifs is 1. The number of amides is 2. The van der Waals surface area contributed by atoms with Gasteiger partial charge in [-0.15, -0.1) is 0 Å². The van der Waals surface area contributed by atoms with Crippen molar-refractivity contribution in [1.29, 1.82) is 0 Å². The Morgan fingerprint density at radius 2 is 1.79 bits per heavy atom. The molecule has 1 aliphatic heterocycles. The van der Waals surface area contributed by atoms with Gasteiger partial charge in [-0.25, -0.2) is 4.79 Å². The molecule has 0 bridgehead atoms. The summed E-state index contributed by atoms with van der Waals surface area (Å²) >= 11 is 0. The molecule has 5 nitrogen and oxygen atoms in total. The van der Waals surface area contributed by atoms with E-state index in [2.05, 4.69) is 49.0 Å². The monoisotopic (exact) mass is 380 g/mol. The minimum atomic E-state index is -0.419. The molecule has 2 saturated carbocycles. The lowest BCUT2D eigenvalue weighted by Crippen LogP contribution is -2.50. The lowest BCUT2D eigenvalue weighted by atomic mass is 9.79. The molecule has 1 N–H and O–H groups in total. The average molecular weight is 380 g/mol. The maximum absolute atomic E-state index is 12.7. The van der Waals surface area contributed by atoms with Crippen molar-refractivity contribution in [3.05, 3.63) is 29.3 Å². The third-order valence-electron chi connectivity index (χ3n) is 6.73. The average Bonchev–Trinajstić information content (AvgIpc) is 3.09. The third kappa shape index (κ3) is 3.54. The van der Waals surface area contributed by atoms with Gasteiger partial charge in [0.05, 0.1) is 7.11 Å². The number of carbonyl (C=O) groups excluding carboxylic acids is 2. The summed E-state index contributed by atoms with van der Waals surface area (Å²) < 4.78 is 4.61. The van der Waals surface area contributed by atoms with E-state index in [4.69, 9.17) is 7.85 Å². The summed E-state index contributed by atoms with van der Waals surface area (Å²) in [6.45, 7) is 8.32. The number of hydrogen-bond acceptors (Lipinski definition) is 3. The number of carbonyl (C=O) groups is 2. The highest BCUT2D eigenvalue weighted by Crippen LogP contribution is 2.58. The fourth-order valence-electron chi connectivity index (χ4n) is 4.92. The molecule has 3 aliphatic rings. The molecule has 2 radical (unpaired) electrons. The molecule has 0 spiro atoms. The van der Waals surface area contributed by atoms with Gasteiger partial charge in [-0.1, -0.05) is 44.4 Å². The van der Waals surface area contributed by atoms with Gasteiger partial charge in [0, 0.05) is 25.0 Å². The quantitative estimate of drug-likeness (QED) is 0.817. The van der Waals surface area contributed by atoms with Crippen molar-refractivity contribution < 1.29 is 14.3 Å². The first-order chi connectivity index (χ1) is 13.2. The van der Waals surface area contributed by atoms with Gasteiger partial charge in [-0.05, 0) is 47.1 Å². The predicted octanol–water partition coefficient (Wildman–Crippen LogP) is 2.08. The van der Waals surface area contributed by atoms with E-state index in [1.807, 2.05) is 4.90 Å². The van der Waals surface area contributed by atoms with Crippen LogP contribution in [-0.2, 0) is 14.9 Å². The molecule has 2 atom stereocenters. The fourth-order valence-corrected chi connectivity index (χ4v) is 4.92. The summed E-state index contributed by atoms with van der Waals surface area (Å²) in [7, 11) is 7.52. The van der Waals surface area contributed by atoms with Gasteiger partial charge in [0.2, 0.25) is 5.91 Å². The zero-order valence-corrected chi connectivity index (χ0v) is 17.2. The Morgan fingerprint density at radius 3 is 2.36 bits per heavy atom. The van der Waals surface area contributed by atoms with Crippen LogP contribution < -0.4 is 10.8 Å². The Balaban J connectivity index is 1.32. The topological polar surface area (TPSA) is 58.6 Å². The highest BCUT2D eigenvalue weighted by molar-refractivity contribution is 6.32. The van der Waals surface area contributed by atoms with E-state index in [0.717, 1.165) is 18.6 Å². The normalized spacial score (nSPS) is 31.0. The van der Waals surface area contributed by atoms with Gasteiger partial charge in [0.1, 0.15) is 7.85 Å². The third-order valence-corrected chi connectivity index (χ3v) is 6.73. The van der Waals surface area contributed by atoms with Crippen molar-refractivity contribution in [2.75, 3.05) is 20.2 Å². The Hall–Kier alpha value is -1.98. The molecule has 1 heterocycles. The number of likely N-dealkylation sites (tertiary alicyclic amines) is 1. The molecule has 3 fully saturated rings. The second-order valence-electron chi connectivity index (χ2n) is 9.74. The number of nitrogens with one attached hydrogen (secondary N) is 1. The van der Waals surface area contributed by atoms with Crippen LogP contribution in [0.2, 0.25) is 0 Å². The molecule has 28 heavy (non-hydrogen) atoms. The summed E-state index contributed by atoms with van der Waals surface area (Å²) in [5.74, 6) is 1.93. The maximum Gasteiger partial charge on any atom is 0.407 e. The van der Waals surface area contributed by atoms with Gasteiger partial charge < -0.3 is 15.0 Å². The number of methoxy groups -OCH3 is 1. The number of benzene rings is 1. The Bertz CT molecular complexity index is 785. The summed E-state index contributed by atoms with van der Waals surface area (Å²) in [4.78, 5) is 26.0. The molecule has 1 aromatic carbocycles. The number of nitrogens with zero attached hydrogens (tertiary/aromatic N) is 1. The van der Waals surface area contributed by atoms with E-state index in [9.17, 15) is 9.59 Å². The molecule has 2 amide bonds. The Kier molecular flexibility index (Phi) is 4.71. The molecule has 2 unspecified atom stereocenters. The highest BCUT2D eigenvalue weighted by atomic mass is 16.5. The van der Waals surface area contributed by atoms with Crippen LogP contribution >= 0.6 is 0 Å². The van der Waals surface area contributed by atoms with E-state index in [1.165, 1.54) is 18.2 Å². The lowest BCUT2D eigenvalue weighted by molar-refractivity contribution is -0.138. The molecule has 148 valence electrons. The van der Waals surface area contributed by atoms with Gasteiger partial charge in [-0.3, -0.25) is 4.79 Å². The molecular weight excluding hydrogens is 351 g/mol. The Morgan fingerprint density at radius 1 is 1.14 bits per heavy atom. The first kappa shape index (κ1) is 19.3. The summed E-state index contributed by atoms with van der Waals surface area (Å²) in [5, 5.41) is 2.77. The summed E-state index contributed by atoms with van der Waals surface area (Å²) in [5.41, 5.74) is 3.52. The first-order valence-electron chi connectivity index (χ1n) is 10.2. The van der Waals surface area contributed by atoms with Crippen molar-refractivity contribution in [3.8, 4) is 0 Å². The second-order valence-corrected chi connectivity index (χ2v) is 9.74. The van der Waals surface area contributed by atoms with E-state index >= 15 is 0 Å². The summed E-state index contributed by atoms with van der Waals surface area (Å²) in [6, 6.07) is 6.56. The van der Waals surface area contributed by atoms with Crippen LogP contribution in [0.4, 0.5) is 4.79 Å². The predicted molar refractivity (Wildman–Crippen MR) is 109 cm³/mol. The minimum Gasteiger partial charge on any atom is -0.453 e. The second kappa shape index (κ2) is 6.82. The van der Waals surface area contributed by atoms with Crippen LogP contribution in [0.15, 0.2) is 18.2 Å². The summed E-state index contributed by atoms with van der Waals surface area (Å²) in [6.07, 6.45) is 1.01. The molecule has 2 aliphatic carbocycles. The van der Waals surface area contributed by atoms with E-state index in [0.29, 0.717) is 30.6 Å². The van der Waals surface area contributed by atoms with Gasteiger partial charge in [0.15, 0.2) is 0 Å². The standard InChI is InChI=1S/C22H29BN2O3/c1-22(2,3)14-5-12(6-15(23)9-14)19-17-10-25(11-18(17)19)20(26)13-7-16(8-13)24-21(27)28-4/h5-6,9,13,16-19H,7-8,10-11H2,1-4H3,(H,24,27). The largest absolute Gasteiger partial charge is 0.453 e. The van der Waals surface area contributed by atoms with Crippen LogP contribution in [0.3, 0.4) is 0 Å². The molecule has 4 rings (SSSR count). The van der Waals surface area contributed by atoms with Crippen molar-refractivity contribution in [3.63, 3.8) is 0 Å². The van der Waals surface area contributed by atoms with E-state index in [1.54, 1.807) is 0 Å². The fraction of sp³-hybridized carbons (Fsp3) is 0.636. The first-order valence-corrected chi connectivity index (χ1v) is 10.2. The number of alkyl carbamates (subject to hydrolysis) is 1. The number of ether oxygens (including phenoxy) is 1. The number of hydrogen-bond donors (Lipinski definition) is 1. The van der Waals surface area contributed by atoms with Crippen molar-refractivity contribution in [1.82, 2.24) is 10.2 Å². The van der Waals surface area contributed by atoms with Crippen molar-refractivity contribution >= 4 is 25.3 Å². The zero-order valence-electron chi connectivity index (χ0n) is 17.2. The molecule has 0 aromatic heterocycles. The molecule has 6 heteroatoms. The molecule has 1 saturated heterocycles. The van der Waals surface area contributed by atoms with E-state index in [-0.39, 0.29) is 23.3 Å². The zero-order chi connectivity index (χ0) is 20.2.